The Morgan fingerprint density at radius 1 is 1.19 bits per heavy atom. The Labute approximate surface area is 191 Å². The fourth-order valence-corrected chi connectivity index (χ4v) is 5.59. The second-order valence-electron chi connectivity index (χ2n) is 8.43. The number of hydrogen-bond donors (Lipinski definition) is 2. The van der Waals surface area contributed by atoms with Crippen LogP contribution in [0.4, 0.5) is 10.5 Å². The molecule has 7 nitrogen and oxygen atoms in total. The van der Waals surface area contributed by atoms with E-state index in [9.17, 15) is 4.79 Å². The minimum Gasteiger partial charge on any atom is -0.493 e. The number of pyridine rings is 1. The van der Waals surface area contributed by atoms with Crippen LogP contribution in [0, 0.1) is 0 Å². The van der Waals surface area contributed by atoms with Crippen molar-refractivity contribution in [3.8, 4) is 11.5 Å². The van der Waals surface area contributed by atoms with E-state index < -0.39 is 0 Å². The van der Waals surface area contributed by atoms with Crippen LogP contribution < -0.4 is 20.1 Å². The second kappa shape index (κ2) is 9.04. The number of anilines is 1. The molecule has 31 heavy (non-hydrogen) atoms. The first-order chi connectivity index (χ1) is 14.9. The number of ether oxygens (including phenoxy) is 2. The lowest BCUT2D eigenvalue weighted by atomic mass is 9.65. The van der Waals surface area contributed by atoms with Gasteiger partial charge in [-0.1, -0.05) is 6.07 Å². The number of fused-ring (bicyclic) bond motifs is 1. The third-order valence-corrected chi connectivity index (χ3v) is 7.22. The highest BCUT2D eigenvalue weighted by Crippen LogP contribution is 2.49. The first-order valence-corrected chi connectivity index (χ1v) is 11.4. The molecule has 3 unspecified atom stereocenters. The number of carbonyl (C=O) groups is 1. The van der Waals surface area contributed by atoms with E-state index >= 15 is 0 Å². The molecule has 1 aromatic carbocycles. The number of methoxy groups -OCH3 is 2. The molecule has 0 bridgehead atoms. The maximum atomic E-state index is 12.6. The number of likely N-dealkylation sites (tertiary alicyclic amines) is 1. The summed E-state index contributed by atoms with van der Waals surface area (Å²) in [6.45, 7) is 1.04. The molecular weight excluding hydrogens is 460 g/mol. The topological polar surface area (TPSA) is 75.7 Å². The molecule has 8 heteroatoms. The van der Waals surface area contributed by atoms with Gasteiger partial charge in [0, 0.05) is 28.2 Å². The molecule has 166 valence electrons. The summed E-state index contributed by atoms with van der Waals surface area (Å²) in [6.07, 6.45) is 7.29. The SMILES string of the molecule is COc1ccc(C23CCC(NC(=O)Nc4cncc(Br)c4)CC2N(C)CC3)cc1OC. The highest BCUT2D eigenvalue weighted by molar-refractivity contribution is 9.10. The number of likely N-dealkylation sites (N-methyl/N-ethyl adjacent to an activating group) is 1. The molecule has 2 amide bonds. The summed E-state index contributed by atoms with van der Waals surface area (Å²) in [5, 5.41) is 6.05. The van der Waals surface area contributed by atoms with Crippen LogP contribution in [-0.2, 0) is 5.41 Å². The van der Waals surface area contributed by atoms with Crippen LogP contribution in [-0.4, -0.2) is 55.8 Å². The molecule has 2 aromatic rings. The number of benzene rings is 1. The van der Waals surface area contributed by atoms with Gasteiger partial charge in [0.15, 0.2) is 11.5 Å². The zero-order valence-corrected chi connectivity index (χ0v) is 19.7. The standard InChI is InChI=1S/C23H29BrN4O3/c1-28-9-8-23(15-4-5-19(30-2)20(10-15)31-3)7-6-17(12-21(23)28)26-22(29)27-18-11-16(24)13-25-14-18/h4-5,10-11,13-14,17,21H,6-9,12H2,1-3H3,(H2,26,27,29). The van der Waals surface area contributed by atoms with Gasteiger partial charge in [-0.3, -0.25) is 4.98 Å². The van der Waals surface area contributed by atoms with E-state index in [0.29, 0.717) is 11.7 Å². The third-order valence-electron chi connectivity index (χ3n) is 6.78. The summed E-state index contributed by atoms with van der Waals surface area (Å²) < 4.78 is 11.8. The molecule has 4 rings (SSSR count). The summed E-state index contributed by atoms with van der Waals surface area (Å²) in [6, 6.07) is 8.43. The van der Waals surface area contributed by atoms with Gasteiger partial charge in [0.05, 0.1) is 26.1 Å². The van der Waals surface area contributed by atoms with Crippen LogP contribution in [0.15, 0.2) is 41.1 Å². The van der Waals surface area contributed by atoms with Crippen molar-refractivity contribution in [3.63, 3.8) is 0 Å². The highest BCUT2D eigenvalue weighted by atomic mass is 79.9. The van der Waals surface area contributed by atoms with Crippen LogP contribution in [0.2, 0.25) is 0 Å². The minimum absolute atomic E-state index is 0.0666. The van der Waals surface area contributed by atoms with Gasteiger partial charge >= 0.3 is 6.03 Å². The summed E-state index contributed by atoms with van der Waals surface area (Å²) in [4.78, 5) is 19.1. The summed E-state index contributed by atoms with van der Waals surface area (Å²) in [5.74, 6) is 1.52. The molecule has 0 radical (unpaired) electrons. The van der Waals surface area contributed by atoms with Gasteiger partial charge in [0.2, 0.25) is 0 Å². The Hall–Kier alpha value is -2.32. The van der Waals surface area contributed by atoms with Crippen molar-refractivity contribution in [2.75, 3.05) is 33.1 Å². The lowest BCUT2D eigenvalue weighted by Crippen LogP contribution is -2.52. The average Bonchev–Trinajstić information content (AvgIpc) is 3.10. The first kappa shape index (κ1) is 21.9. The second-order valence-corrected chi connectivity index (χ2v) is 9.35. The lowest BCUT2D eigenvalue weighted by Gasteiger charge is -2.45. The number of urea groups is 1. The number of hydrogen-bond acceptors (Lipinski definition) is 5. The van der Waals surface area contributed by atoms with Gasteiger partial charge in [-0.25, -0.2) is 4.79 Å². The predicted octanol–water partition coefficient (Wildman–Crippen LogP) is 4.18. The van der Waals surface area contributed by atoms with Crippen LogP contribution in [0.5, 0.6) is 11.5 Å². The molecule has 1 aromatic heterocycles. The van der Waals surface area contributed by atoms with E-state index in [4.69, 9.17) is 9.47 Å². The monoisotopic (exact) mass is 488 g/mol. The molecule has 2 heterocycles. The molecule has 1 saturated heterocycles. The normalized spacial score (nSPS) is 25.5. The number of nitrogens with one attached hydrogen (secondary N) is 2. The molecule has 3 atom stereocenters. The van der Waals surface area contributed by atoms with E-state index in [-0.39, 0.29) is 17.5 Å². The molecule has 1 aliphatic carbocycles. The highest BCUT2D eigenvalue weighted by Gasteiger charge is 2.50. The van der Waals surface area contributed by atoms with Crippen molar-refractivity contribution in [1.29, 1.82) is 0 Å². The largest absolute Gasteiger partial charge is 0.493 e. The van der Waals surface area contributed by atoms with Gasteiger partial charge < -0.3 is 25.0 Å². The van der Waals surface area contributed by atoms with Crippen LogP contribution >= 0.6 is 15.9 Å². The van der Waals surface area contributed by atoms with Gasteiger partial charge in [0.1, 0.15) is 0 Å². The van der Waals surface area contributed by atoms with E-state index in [1.54, 1.807) is 26.6 Å². The zero-order chi connectivity index (χ0) is 22.0. The molecule has 1 saturated carbocycles. The van der Waals surface area contributed by atoms with Crippen molar-refractivity contribution in [1.82, 2.24) is 15.2 Å². The Morgan fingerprint density at radius 2 is 2.00 bits per heavy atom. The first-order valence-electron chi connectivity index (χ1n) is 10.6. The quantitative estimate of drug-likeness (QED) is 0.660. The predicted molar refractivity (Wildman–Crippen MR) is 124 cm³/mol. The van der Waals surface area contributed by atoms with Gasteiger partial charge in [-0.15, -0.1) is 0 Å². The van der Waals surface area contributed by atoms with Gasteiger partial charge in [-0.2, -0.15) is 0 Å². The van der Waals surface area contributed by atoms with E-state index in [1.807, 2.05) is 12.1 Å². The van der Waals surface area contributed by atoms with E-state index in [2.05, 4.69) is 55.6 Å². The fourth-order valence-electron chi connectivity index (χ4n) is 5.23. The Kier molecular flexibility index (Phi) is 6.39. The van der Waals surface area contributed by atoms with Crippen molar-refractivity contribution < 1.29 is 14.3 Å². The zero-order valence-electron chi connectivity index (χ0n) is 18.2. The van der Waals surface area contributed by atoms with Crippen LogP contribution in [0.25, 0.3) is 0 Å². The van der Waals surface area contributed by atoms with Gasteiger partial charge in [-0.05, 0) is 79.0 Å². The number of aromatic nitrogens is 1. The minimum atomic E-state index is -0.191. The molecule has 1 aliphatic heterocycles. The van der Waals surface area contributed by atoms with Crippen LogP contribution in [0.3, 0.4) is 0 Å². The van der Waals surface area contributed by atoms with Crippen molar-refractivity contribution in [2.24, 2.45) is 0 Å². The summed E-state index contributed by atoms with van der Waals surface area (Å²) >= 11 is 3.38. The Balaban J connectivity index is 1.48. The molecule has 0 spiro atoms. The molecule has 2 fully saturated rings. The summed E-state index contributed by atoms with van der Waals surface area (Å²) in [5.41, 5.74) is 2.03. The van der Waals surface area contributed by atoms with E-state index in [0.717, 1.165) is 48.2 Å². The molecule has 2 N–H and O–H groups in total. The number of nitrogens with zero attached hydrogens (tertiary/aromatic N) is 2. The fraction of sp³-hybridized carbons (Fsp3) is 0.478. The smallest absolute Gasteiger partial charge is 0.319 e. The summed E-state index contributed by atoms with van der Waals surface area (Å²) in [7, 11) is 5.52. The number of halogens is 1. The average molecular weight is 489 g/mol. The molecule has 2 aliphatic rings. The Morgan fingerprint density at radius 3 is 2.74 bits per heavy atom. The maximum absolute atomic E-state index is 12.6. The number of carbonyl (C=O) groups excluding carboxylic acids is 1. The maximum Gasteiger partial charge on any atom is 0.319 e. The van der Waals surface area contributed by atoms with Crippen LogP contribution in [0.1, 0.15) is 31.2 Å². The third kappa shape index (κ3) is 4.36. The van der Waals surface area contributed by atoms with Crippen molar-refractivity contribution in [2.45, 2.75) is 43.2 Å². The van der Waals surface area contributed by atoms with Crippen molar-refractivity contribution in [3.05, 3.63) is 46.7 Å². The number of rotatable bonds is 5. The van der Waals surface area contributed by atoms with Gasteiger partial charge in [0.25, 0.3) is 0 Å². The Bertz CT molecular complexity index is 956. The van der Waals surface area contributed by atoms with Crippen molar-refractivity contribution >= 4 is 27.6 Å². The molecular formula is C23H29BrN4O3. The number of amides is 2. The lowest BCUT2D eigenvalue weighted by molar-refractivity contribution is 0.156. The van der Waals surface area contributed by atoms with E-state index in [1.165, 1.54) is 5.56 Å².